The highest BCUT2D eigenvalue weighted by atomic mass is 35.5. The third-order valence-corrected chi connectivity index (χ3v) is 2.45. The highest BCUT2D eigenvalue weighted by Gasteiger charge is 2.06. The minimum Gasteiger partial charge on any atom is -0.488 e. The van der Waals surface area contributed by atoms with Crippen LogP contribution < -0.4 is 10.1 Å². The third kappa shape index (κ3) is 4.37. The largest absolute Gasteiger partial charge is 0.488 e. The Morgan fingerprint density at radius 2 is 2.19 bits per heavy atom. The molecule has 0 bridgehead atoms. The molecule has 0 amide bonds. The molecule has 0 aliphatic rings. The number of benzene rings is 1. The van der Waals surface area contributed by atoms with Crippen LogP contribution in [0.3, 0.4) is 0 Å². The summed E-state index contributed by atoms with van der Waals surface area (Å²) in [4.78, 5) is 0. The molecule has 1 aromatic carbocycles. The van der Waals surface area contributed by atoms with Crippen molar-refractivity contribution in [1.82, 2.24) is 5.32 Å². The molecule has 4 heteroatoms. The zero-order valence-electron chi connectivity index (χ0n) is 9.43. The molecule has 0 unspecified atom stereocenters. The number of nitrogens with one attached hydrogen (secondary N) is 1. The zero-order valence-corrected chi connectivity index (χ0v) is 10.2. The Labute approximate surface area is 101 Å². The lowest BCUT2D eigenvalue weighted by Crippen LogP contribution is -2.22. The van der Waals surface area contributed by atoms with Crippen LogP contribution in [0.25, 0.3) is 0 Å². The van der Waals surface area contributed by atoms with E-state index in [0.717, 1.165) is 19.4 Å². The summed E-state index contributed by atoms with van der Waals surface area (Å²) in [5.74, 6) is -0.275. The smallest absolute Gasteiger partial charge is 0.173 e. The summed E-state index contributed by atoms with van der Waals surface area (Å²) in [6.07, 6.45) is 2.30. The molecule has 0 aliphatic carbocycles. The van der Waals surface area contributed by atoms with Crippen molar-refractivity contribution in [3.05, 3.63) is 29.0 Å². The van der Waals surface area contributed by atoms with Gasteiger partial charge in [-0.25, -0.2) is 4.39 Å². The molecule has 90 valence electrons. The molecule has 2 nitrogen and oxygen atoms in total. The number of ether oxygens (including phenoxy) is 1. The lowest BCUT2D eigenvalue weighted by molar-refractivity contribution is 0.299. The van der Waals surface area contributed by atoms with E-state index in [-0.39, 0.29) is 5.75 Å². The van der Waals surface area contributed by atoms with Crippen LogP contribution in [0.1, 0.15) is 19.8 Å². The standard InChI is InChI=1S/C12H17ClFNO/c1-2-3-7-15-8-9-16-12-10(13)5-4-6-11(12)14/h4-6,15H,2-3,7-9H2,1H3. The van der Waals surface area contributed by atoms with Crippen LogP contribution in [-0.2, 0) is 0 Å². The number of unbranched alkanes of at least 4 members (excludes halogenated alkanes) is 1. The van der Waals surface area contributed by atoms with Gasteiger partial charge in [-0.2, -0.15) is 0 Å². The van der Waals surface area contributed by atoms with E-state index >= 15 is 0 Å². The fraction of sp³-hybridized carbons (Fsp3) is 0.500. The molecule has 0 aromatic heterocycles. The lowest BCUT2D eigenvalue weighted by Gasteiger charge is -2.09. The van der Waals surface area contributed by atoms with Gasteiger partial charge in [0.2, 0.25) is 0 Å². The SMILES string of the molecule is CCCCNCCOc1c(F)cccc1Cl. The van der Waals surface area contributed by atoms with E-state index in [1.165, 1.54) is 6.07 Å². The van der Waals surface area contributed by atoms with Crippen molar-refractivity contribution in [1.29, 1.82) is 0 Å². The van der Waals surface area contributed by atoms with Crippen LogP contribution in [0.2, 0.25) is 5.02 Å². The zero-order chi connectivity index (χ0) is 11.8. The normalized spacial score (nSPS) is 10.4. The molecular weight excluding hydrogens is 229 g/mol. The summed E-state index contributed by atoms with van der Waals surface area (Å²) in [6, 6.07) is 4.51. The Hall–Kier alpha value is -0.800. The lowest BCUT2D eigenvalue weighted by atomic mass is 10.3. The van der Waals surface area contributed by atoms with Gasteiger partial charge in [0.1, 0.15) is 6.61 Å². The summed E-state index contributed by atoms with van der Waals surface area (Å²) in [5.41, 5.74) is 0. The second kappa shape index (κ2) is 7.47. The average Bonchev–Trinajstić information content (AvgIpc) is 2.26. The molecule has 0 atom stereocenters. The molecule has 0 saturated carbocycles. The first-order valence-corrected chi connectivity index (χ1v) is 5.91. The Morgan fingerprint density at radius 3 is 2.88 bits per heavy atom. The van der Waals surface area contributed by atoms with Gasteiger partial charge in [-0.05, 0) is 25.1 Å². The van der Waals surface area contributed by atoms with Crippen LogP contribution in [0, 0.1) is 5.82 Å². The van der Waals surface area contributed by atoms with Crippen molar-refractivity contribution in [2.75, 3.05) is 19.7 Å². The molecule has 0 spiro atoms. The topological polar surface area (TPSA) is 21.3 Å². The highest BCUT2D eigenvalue weighted by molar-refractivity contribution is 6.32. The van der Waals surface area contributed by atoms with E-state index in [0.29, 0.717) is 18.2 Å². The van der Waals surface area contributed by atoms with Crippen LogP contribution in [0.15, 0.2) is 18.2 Å². The summed E-state index contributed by atoms with van der Waals surface area (Å²) in [7, 11) is 0. The maximum absolute atomic E-state index is 13.3. The number of hydrogen-bond donors (Lipinski definition) is 1. The summed E-state index contributed by atoms with van der Waals surface area (Å²) >= 11 is 5.81. The molecule has 1 rings (SSSR count). The highest BCUT2D eigenvalue weighted by Crippen LogP contribution is 2.26. The van der Waals surface area contributed by atoms with E-state index in [4.69, 9.17) is 16.3 Å². The quantitative estimate of drug-likeness (QED) is 0.745. The first-order chi connectivity index (χ1) is 7.75. The van der Waals surface area contributed by atoms with Crippen LogP contribution in [-0.4, -0.2) is 19.7 Å². The van der Waals surface area contributed by atoms with Crippen molar-refractivity contribution in [2.45, 2.75) is 19.8 Å². The van der Waals surface area contributed by atoms with Crippen LogP contribution >= 0.6 is 11.6 Å². The molecule has 0 heterocycles. The maximum Gasteiger partial charge on any atom is 0.173 e. The Morgan fingerprint density at radius 1 is 1.38 bits per heavy atom. The summed E-state index contributed by atoms with van der Waals surface area (Å²) in [5, 5.41) is 3.52. The Balaban J connectivity index is 2.26. The number of rotatable bonds is 7. The van der Waals surface area contributed by atoms with E-state index in [1.807, 2.05) is 0 Å². The van der Waals surface area contributed by atoms with E-state index in [1.54, 1.807) is 12.1 Å². The summed E-state index contributed by atoms with van der Waals surface area (Å²) < 4.78 is 18.5. The van der Waals surface area contributed by atoms with Gasteiger partial charge in [-0.3, -0.25) is 0 Å². The predicted octanol–water partition coefficient (Wildman–Crippen LogP) is 3.25. The van der Waals surface area contributed by atoms with Gasteiger partial charge in [-0.15, -0.1) is 0 Å². The molecular formula is C12H17ClFNO. The van der Waals surface area contributed by atoms with Crippen molar-refractivity contribution in [3.8, 4) is 5.75 Å². The van der Waals surface area contributed by atoms with Gasteiger partial charge in [-0.1, -0.05) is 31.0 Å². The summed E-state index contributed by atoms with van der Waals surface area (Å²) in [6.45, 7) is 4.22. The van der Waals surface area contributed by atoms with E-state index in [2.05, 4.69) is 12.2 Å². The molecule has 0 saturated heterocycles. The van der Waals surface area contributed by atoms with Gasteiger partial charge in [0.15, 0.2) is 11.6 Å². The van der Waals surface area contributed by atoms with Crippen molar-refractivity contribution >= 4 is 11.6 Å². The molecule has 0 aliphatic heterocycles. The minimum atomic E-state index is -0.416. The van der Waals surface area contributed by atoms with Crippen molar-refractivity contribution in [2.24, 2.45) is 0 Å². The molecule has 1 aromatic rings. The van der Waals surface area contributed by atoms with Gasteiger partial charge in [0.05, 0.1) is 5.02 Å². The second-order valence-electron chi connectivity index (χ2n) is 3.50. The Kier molecular flexibility index (Phi) is 6.19. The number of halogens is 2. The molecule has 1 N–H and O–H groups in total. The van der Waals surface area contributed by atoms with Gasteiger partial charge < -0.3 is 10.1 Å². The predicted molar refractivity (Wildman–Crippen MR) is 64.7 cm³/mol. The third-order valence-electron chi connectivity index (χ3n) is 2.15. The number of hydrogen-bond acceptors (Lipinski definition) is 2. The van der Waals surface area contributed by atoms with Crippen molar-refractivity contribution in [3.63, 3.8) is 0 Å². The first-order valence-electron chi connectivity index (χ1n) is 5.53. The molecule has 0 fully saturated rings. The van der Waals surface area contributed by atoms with E-state index < -0.39 is 5.82 Å². The van der Waals surface area contributed by atoms with Crippen LogP contribution in [0.4, 0.5) is 4.39 Å². The number of para-hydroxylation sites is 1. The molecule has 0 radical (unpaired) electrons. The van der Waals surface area contributed by atoms with Gasteiger partial charge in [0, 0.05) is 6.54 Å². The fourth-order valence-corrected chi connectivity index (χ4v) is 1.49. The monoisotopic (exact) mass is 245 g/mol. The fourth-order valence-electron chi connectivity index (χ4n) is 1.27. The van der Waals surface area contributed by atoms with Crippen LogP contribution in [0.5, 0.6) is 5.75 Å². The van der Waals surface area contributed by atoms with Crippen molar-refractivity contribution < 1.29 is 9.13 Å². The molecule has 16 heavy (non-hydrogen) atoms. The Bertz CT molecular complexity index is 300. The second-order valence-corrected chi connectivity index (χ2v) is 3.91. The minimum absolute atomic E-state index is 0.140. The van der Waals surface area contributed by atoms with Gasteiger partial charge in [0.25, 0.3) is 0 Å². The van der Waals surface area contributed by atoms with E-state index in [9.17, 15) is 4.39 Å². The first kappa shape index (κ1) is 13.3. The maximum atomic E-state index is 13.3. The average molecular weight is 246 g/mol. The van der Waals surface area contributed by atoms with Gasteiger partial charge >= 0.3 is 0 Å².